The minimum Gasteiger partial charge on any atom is -0.481 e. The summed E-state index contributed by atoms with van der Waals surface area (Å²) in [7, 11) is 1.83. The van der Waals surface area contributed by atoms with Gasteiger partial charge in [-0.15, -0.1) is 11.8 Å². The van der Waals surface area contributed by atoms with Gasteiger partial charge in [0.15, 0.2) is 5.82 Å². The predicted molar refractivity (Wildman–Crippen MR) is 63.5 cm³/mol. The molecule has 0 aliphatic rings. The molecule has 6 heteroatoms. The number of aryl methyl sites for hydroxylation is 1. The van der Waals surface area contributed by atoms with Crippen LogP contribution in [0.15, 0.2) is 0 Å². The van der Waals surface area contributed by atoms with Crippen LogP contribution in [0.1, 0.15) is 32.4 Å². The molecule has 0 aromatic carbocycles. The number of aliphatic carboxylic acids is 1. The van der Waals surface area contributed by atoms with Gasteiger partial charge >= 0.3 is 5.97 Å². The largest absolute Gasteiger partial charge is 0.481 e. The van der Waals surface area contributed by atoms with Gasteiger partial charge in [0.05, 0.1) is 11.5 Å². The zero-order valence-corrected chi connectivity index (χ0v) is 10.8. The first kappa shape index (κ1) is 13.0. The first-order chi connectivity index (χ1) is 7.30. The summed E-state index contributed by atoms with van der Waals surface area (Å²) in [6, 6.07) is 0. The Morgan fingerprint density at radius 1 is 1.50 bits per heavy atom. The van der Waals surface area contributed by atoms with Gasteiger partial charge in [-0.25, -0.2) is 4.98 Å². The van der Waals surface area contributed by atoms with Crippen molar-refractivity contribution in [2.45, 2.75) is 31.9 Å². The molecule has 1 aromatic heterocycles. The number of aromatic nitrogens is 3. The summed E-state index contributed by atoms with van der Waals surface area (Å²) in [4.78, 5) is 14.8. The lowest BCUT2D eigenvalue weighted by Gasteiger charge is -2.11. The maximum absolute atomic E-state index is 10.4. The predicted octanol–water partition coefficient (Wildman–Crippen LogP) is 1.43. The number of nitrogens with zero attached hydrogens (tertiary/aromatic N) is 3. The van der Waals surface area contributed by atoms with Crippen molar-refractivity contribution in [2.75, 3.05) is 5.75 Å². The third-order valence-corrected chi connectivity index (χ3v) is 2.89. The monoisotopic (exact) mass is 243 g/mol. The highest BCUT2D eigenvalue weighted by Crippen LogP contribution is 2.19. The van der Waals surface area contributed by atoms with Crippen LogP contribution in [-0.2, 0) is 23.0 Å². The van der Waals surface area contributed by atoms with E-state index in [0.29, 0.717) is 5.75 Å². The molecule has 0 aliphatic carbocycles. The Morgan fingerprint density at radius 3 is 2.56 bits per heavy atom. The smallest absolute Gasteiger partial charge is 0.313 e. The SMILES string of the molecule is Cn1nc(C(C)(C)C)nc1CSCC(=O)O. The third kappa shape index (κ3) is 3.52. The lowest BCUT2D eigenvalue weighted by molar-refractivity contribution is -0.133. The maximum Gasteiger partial charge on any atom is 0.313 e. The molecule has 0 spiro atoms. The number of hydrogen-bond donors (Lipinski definition) is 1. The van der Waals surface area contributed by atoms with Crippen molar-refractivity contribution in [1.82, 2.24) is 14.8 Å². The molecule has 0 saturated carbocycles. The molecule has 90 valence electrons. The molecule has 0 unspecified atom stereocenters. The van der Waals surface area contributed by atoms with Crippen LogP contribution >= 0.6 is 11.8 Å². The van der Waals surface area contributed by atoms with E-state index in [4.69, 9.17) is 5.11 Å². The van der Waals surface area contributed by atoms with Crippen LogP contribution in [0.4, 0.5) is 0 Å². The third-order valence-electron chi connectivity index (χ3n) is 1.98. The Balaban J connectivity index is 2.67. The fraction of sp³-hybridized carbons (Fsp3) is 0.700. The van der Waals surface area contributed by atoms with E-state index in [-0.39, 0.29) is 11.2 Å². The molecule has 0 aliphatic heterocycles. The maximum atomic E-state index is 10.4. The van der Waals surface area contributed by atoms with Gasteiger partial charge < -0.3 is 5.11 Å². The minimum atomic E-state index is -0.803. The molecule has 16 heavy (non-hydrogen) atoms. The summed E-state index contributed by atoms with van der Waals surface area (Å²) in [6.45, 7) is 6.16. The van der Waals surface area contributed by atoms with Gasteiger partial charge in [0.25, 0.3) is 0 Å². The van der Waals surface area contributed by atoms with Crippen molar-refractivity contribution in [1.29, 1.82) is 0 Å². The summed E-state index contributed by atoms with van der Waals surface area (Å²) >= 11 is 1.33. The molecule has 5 nitrogen and oxygen atoms in total. The van der Waals surface area contributed by atoms with Crippen molar-refractivity contribution in [3.8, 4) is 0 Å². The second-order valence-corrected chi connectivity index (χ2v) is 5.60. The molecule has 1 N–H and O–H groups in total. The topological polar surface area (TPSA) is 68.0 Å². The van der Waals surface area contributed by atoms with E-state index in [2.05, 4.69) is 30.9 Å². The van der Waals surface area contributed by atoms with Gasteiger partial charge in [-0.3, -0.25) is 9.48 Å². The Bertz CT molecular complexity index is 382. The molecule has 0 amide bonds. The van der Waals surface area contributed by atoms with Crippen LogP contribution in [0.25, 0.3) is 0 Å². The van der Waals surface area contributed by atoms with Crippen molar-refractivity contribution >= 4 is 17.7 Å². The second kappa shape index (κ2) is 4.86. The lowest BCUT2D eigenvalue weighted by Crippen LogP contribution is -2.13. The molecule has 0 fully saturated rings. The highest BCUT2D eigenvalue weighted by Gasteiger charge is 2.20. The average molecular weight is 243 g/mol. The normalized spacial score (nSPS) is 11.8. The van der Waals surface area contributed by atoms with Crippen molar-refractivity contribution < 1.29 is 9.90 Å². The van der Waals surface area contributed by atoms with E-state index in [1.165, 1.54) is 11.8 Å². The summed E-state index contributed by atoms with van der Waals surface area (Å²) in [6.07, 6.45) is 0. The van der Waals surface area contributed by atoms with Crippen LogP contribution < -0.4 is 0 Å². The average Bonchev–Trinajstić information content (AvgIpc) is 2.46. The first-order valence-corrected chi connectivity index (χ1v) is 6.16. The number of carbonyl (C=O) groups is 1. The zero-order valence-electron chi connectivity index (χ0n) is 10.0. The summed E-state index contributed by atoms with van der Waals surface area (Å²) in [5, 5.41) is 12.9. The zero-order chi connectivity index (χ0) is 12.3. The van der Waals surface area contributed by atoms with Gasteiger partial charge in [-0.2, -0.15) is 5.10 Å². The van der Waals surface area contributed by atoms with Gasteiger partial charge in [0.1, 0.15) is 5.82 Å². The fourth-order valence-electron chi connectivity index (χ4n) is 1.09. The highest BCUT2D eigenvalue weighted by molar-refractivity contribution is 7.99. The van der Waals surface area contributed by atoms with Crippen LogP contribution in [0.2, 0.25) is 0 Å². The first-order valence-electron chi connectivity index (χ1n) is 5.00. The van der Waals surface area contributed by atoms with Crippen LogP contribution in [-0.4, -0.2) is 31.6 Å². The second-order valence-electron chi connectivity index (χ2n) is 4.61. The lowest BCUT2D eigenvalue weighted by atomic mass is 9.96. The quantitative estimate of drug-likeness (QED) is 0.866. The molecule has 0 atom stereocenters. The van der Waals surface area contributed by atoms with Gasteiger partial charge in [-0.05, 0) is 0 Å². The molecular weight excluding hydrogens is 226 g/mol. The summed E-state index contributed by atoms with van der Waals surface area (Å²) < 4.78 is 1.72. The molecule has 1 heterocycles. The number of carboxylic acid groups (broad SMARTS) is 1. The van der Waals surface area contributed by atoms with Crippen molar-refractivity contribution in [2.24, 2.45) is 7.05 Å². The molecule has 0 radical (unpaired) electrons. The molecule has 1 aromatic rings. The molecule has 0 saturated heterocycles. The van der Waals surface area contributed by atoms with Gasteiger partial charge in [0, 0.05) is 12.5 Å². The van der Waals surface area contributed by atoms with Crippen LogP contribution in [0, 0.1) is 0 Å². The van der Waals surface area contributed by atoms with Gasteiger partial charge in [0.2, 0.25) is 0 Å². The summed E-state index contributed by atoms with van der Waals surface area (Å²) in [5.41, 5.74) is -0.0759. The van der Waals surface area contributed by atoms with Crippen LogP contribution in [0.5, 0.6) is 0 Å². The Labute approximate surface area is 99.3 Å². The van der Waals surface area contributed by atoms with Crippen LogP contribution in [0.3, 0.4) is 0 Å². The van der Waals surface area contributed by atoms with E-state index in [9.17, 15) is 4.79 Å². The fourth-order valence-corrected chi connectivity index (χ4v) is 1.80. The Kier molecular flexibility index (Phi) is 3.96. The van der Waals surface area contributed by atoms with Gasteiger partial charge in [-0.1, -0.05) is 20.8 Å². The van der Waals surface area contributed by atoms with E-state index in [1.807, 2.05) is 7.05 Å². The molecular formula is C10H17N3O2S. The Hall–Kier alpha value is -1.04. The Morgan fingerprint density at radius 2 is 2.12 bits per heavy atom. The highest BCUT2D eigenvalue weighted by atomic mass is 32.2. The summed E-state index contributed by atoms with van der Waals surface area (Å²) in [5.74, 6) is 1.48. The number of carboxylic acids is 1. The molecule has 1 rings (SSSR count). The van der Waals surface area contributed by atoms with Crippen molar-refractivity contribution in [3.63, 3.8) is 0 Å². The number of thioether (sulfide) groups is 1. The standard InChI is InChI=1S/C10H17N3O2S/c1-10(2,3)9-11-7(13(4)12-9)5-16-6-8(14)15/h5-6H2,1-4H3,(H,14,15). The van der Waals surface area contributed by atoms with E-state index in [0.717, 1.165) is 11.6 Å². The van der Waals surface area contributed by atoms with Crippen molar-refractivity contribution in [3.05, 3.63) is 11.6 Å². The number of rotatable bonds is 4. The number of hydrogen-bond acceptors (Lipinski definition) is 4. The van der Waals surface area contributed by atoms with E-state index < -0.39 is 5.97 Å². The van der Waals surface area contributed by atoms with E-state index in [1.54, 1.807) is 4.68 Å². The molecule has 0 bridgehead atoms. The minimum absolute atomic E-state index is 0.0759. The van der Waals surface area contributed by atoms with E-state index >= 15 is 0 Å².